The first-order chi connectivity index (χ1) is 18.9. The van der Waals surface area contributed by atoms with E-state index in [4.69, 9.17) is 9.84 Å². The van der Waals surface area contributed by atoms with Crippen LogP contribution >= 0.6 is 0 Å². The van der Waals surface area contributed by atoms with Crippen molar-refractivity contribution in [3.05, 3.63) is 141 Å². The highest BCUT2D eigenvalue weighted by Gasteiger charge is 2.62. The summed E-state index contributed by atoms with van der Waals surface area (Å²) in [6.07, 6.45) is -0.526. The van der Waals surface area contributed by atoms with Crippen LogP contribution in [0.4, 0.5) is 22.7 Å². The van der Waals surface area contributed by atoms with E-state index < -0.39 is 21.8 Å². The van der Waals surface area contributed by atoms with Crippen LogP contribution in [0.15, 0.2) is 114 Å². The molecule has 2 heterocycles. The number of nitrogens with zero attached hydrogens (tertiary/aromatic N) is 6. The van der Waals surface area contributed by atoms with Crippen LogP contribution in [0.3, 0.4) is 0 Å². The molecule has 4 aromatic carbocycles. The first kappa shape index (κ1) is 24.2. The first-order valence-electron chi connectivity index (χ1n) is 12.2. The lowest BCUT2D eigenvalue weighted by Crippen LogP contribution is -2.55. The molecular weight excluding hydrogens is 500 g/mol. The molecule has 1 fully saturated rings. The van der Waals surface area contributed by atoms with Gasteiger partial charge >= 0.3 is 0 Å². The van der Waals surface area contributed by atoms with Gasteiger partial charge in [0, 0.05) is 35.4 Å². The second-order valence-electron chi connectivity index (χ2n) is 9.01. The molecule has 39 heavy (non-hydrogen) atoms. The normalized spacial score (nSPS) is 20.5. The number of ether oxygens (including phenoxy) is 1. The van der Waals surface area contributed by atoms with Gasteiger partial charge in [-0.05, 0) is 31.2 Å². The molecule has 0 radical (unpaired) electrons. The molecule has 0 bridgehead atoms. The molecule has 6 rings (SSSR count). The molecule has 0 spiro atoms. The third-order valence-electron chi connectivity index (χ3n) is 6.70. The van der Waals surface area contributed by atoms with Crippen LogP contribution in [0.1, 0.15) is 18.1 Å². The lowest BCUT2D eigenvalue weighted by Gasteiger charge is -2.38. The fraction of sp³-hybridized carbons (Fsp3) is 0.107. The fourth-order valence-electron chi connectivity index (χ4n) is 4.98. The minimum atomic E-state index is -1.22. The zero-order valence-electron chi connectivity index (χ0n) is 20.7. The Morgan fingerprint density at radius 2 is 1.26 bits per heavy atom. The molecule has 0 N–H and O–H groups in total. The molecule has 1 saturated heterocycles. The molecular formula is C28H22N6O5. The second-order valence-corrected chi connectivity index (χ2v) is 9.01. The molecule has 4 aromatic rings. The monoisotopic (exact) mass is 522 g/mol. The number of rotatable bonds is 6. The van der Waals surface area contributed by atoms with Crippen molar-refractivity contribution < 1.29 is 14.6 Å². The largest absolute Gasteiger partial charge is 0.322 e. The Balaban J connectivity index is 1.58. The summed E-state index contributed by atoms with van der Waals surface area (Å²) >= 11 is 0. The van der Waals surface area contributed by atoms with Gasteiger partial charge in [0.05, 0.1) is 21.2 Å². The highest BCUT2D eigenvalue weighted by Crippen LogP contribution is 2.50. The minimum absolute atomic E-state index is 0.0317. The Morgan fingerprint density at radius 1 is 0.744 bits per heavy atom. The van der Waals surface area contributed by atoms with E-state index in [9.17, 15) is 20.2 Å². The van der Waals surface area contributed by atoms with E-state index in [0.717, 1.165) is 11.1 Å². The molecule has 11 nitrogen and oxygen atoms in total. The van der Waals surface area contributed by atoms with Gasteiger partial charge in [0.25, 0.3) is 11.4 Å². The van der Waals surface area contributed by atoms with Crippen molar-refractivity contribution in [2.24, 2.45) is 5.10 Å². The van der Waals surface area contributed by atoms with Crippen LogP contribution in [-0.4, -0.2) is 26.9 Å². The van der Waals surface area contributed by atoms with Gasteiger partial charge in [0.1, 0.15) is 11.9 Å². The number of hydrazine groups is 2. The number of hydrazone groups is 1. The smallest absolute Gasteiger partial charge is 0.269 e. The topological polar surface area (TPSA) is 118 Å². The van der Waals surface area contributed by atoms with Gasteiger partial charge in [-0.1, -0.05) is 65.8 Å². The molecule has 0 aromatic heterocycles. The number of fused-ring (bicyclic) bond motifs is 1. The maximum atomic E-state index is 11.3. The number of benzene rings is 4. The van der Waals surface area contributed by atoms with Gasteiger partial charge in [-0.15, -0.1) is 0 Å². The number of non-ortho nitro benzene ring substituents is 2. The molecule has 11 heteroatoms. The average Bonchev–Trinajstić information content (AvgIpc) is 3.45. The maximum Gasteiger partial charge on any atom is 0.269 e. The third-order valence-corrected chi connectivity index (χ3v) is 6.70. The first-order valence-corrected chi connectivity index (χ1v) is 12.2. The Kier molecular flexibility index (Phi) is 5.78. The molecule has 2 aliphatic heterocycles. The second kappa shape index (κ2) is 9.31. The van der Waals surface area contributed by atoms with Crippen LogP contribution in [-0.2, 0) is 10.5 Å². The van der Waals surface area contributed by atoms with Crippen LogP contribution in [0.5, 0.6) is 0 Å². The standard InChI is InChI=1S/C28H22N6O5/c1-20-30(23-12-16-25(17-13-23)32(35)36)34-28(39-20,22-10-6-3-7-11-22)27(21-8-4-2-5-9-21)29-31(34)24-14-18-26(19-15-24)33(37)38/h2-20H,1H3. The Bertz CT molecular complexity index is 1560. The van der Waals surface area contributed by atoms with Gasteiger partial charge in [-0.2, -0.15) is 10.2 Å². The van der Waals surface area contributed by atoms with E-state index in [0.29, 0.717) is 17.1 Å². The van der Waals surface area contributed by atoms with E-state index in [1.165, 1.54) is 24.3 Å². The van der Waals surface area contributed by atoms with Gasteiger partial charge in [-0.25, -0.2) is 0 Å². The third kappa shape index (κ3) is 3.88. The van der Waals surface area contributed by atoms with E-state index >= 15 is 0 Å². The van der Waals surface area contributed by atoms with Gasteiger partial charge < -0.3 is 4.74 Å². The highest BCUT2D eigenvalue weighted by atomic mass is 16.6. The van der Waals surface area contributed by atoms with Crippen molar-refractivity contribution in [1.82, 2.24) is 5.12 Å². The van der Waals surface area contributed by atoms with Crippen molar-refractivity contribution in [1.29, 1.82) is 0 Å². The van der Waals surface area contributed by atoms with Crippen molar-refractivity contribution in [3.63, 3.8) is 0 Å². The summed E-state index contributed by atoms with van der Waals surface area (Å²) in [6, 6.07) is 31.6. The molecule has 0 aliphatic carbocycles. The summed E-state index contributed by atoms with van der Waals surface area (Å²) in [5.74, 6) is 0. The van der Waals surface area contributed by atoms with Crippen molar-refractivity contribution in [2.45, 2.75) is 18.9 Å². The van der Waals surface area contributed by atoms with Crippen LogP contribution in [0.2, 0.25) is 0 Å². The number of anilines is 2. The number of nitro benzene ring substituents is 2. The Morgan fingerprint density at radius 3 is 1.79 bits per heavy atom. The average molecular weight is 523 g/mol. The highest BCUT2D eigenvalue weighted by molar-refractivity contribution is 6.09. The predicted octanol–water partition coefficient (Wildman–Crippen LogP) is 5.60. The molecule has 2 atom stereocenters. The SMILES string of the molecule is CC1OC2(c3ccccc3)C(c3ccccc3)=NN(c3ccc([N+](=O)[O-])cc3)N2N1c1ccc([N+](=O)[O-])cc1. The summed E-state index contributed by atoms with van der Waals surface area (Å²) in [4.78, 5) is 21.7. The summed E-state index contributed by atoms with van der Waals surface area (Å²) in [5, 5.41) is 33.0. The Labute approximate surface area is 223 Å². The van der Waals surface area contributed by atoms with E-state index in [1.54, 1.807) is 29.4 Å². The molecule has 2 aliphatic rings. The number of hydrogen-bond donors (Lipinski definition) is 0. The minimum Gasteiger partial charge on any atom is -0.322 e. The molecule has 0 saturated carbocycles. The maximum absolute atomic E-state index is 11.3. The van der Waals surface area contributed by atoms with Crippen molar-refractivity contribution in [2.75, 3.05) is 10.1 Å². The lowest BCUT2D eigenvalue weighted by atomic mass is 9.93. The predicted molar refractivity (Wildman–Crippen MR) is 145 cm³/mol. The van der Waals surface area contributed by atoms with Crippen molar-refractivity contribution >= 4 is 28.5 Å². The number of nitro groups is 2. The zero-order valence-corrected chi connectivity index (χ0v) is 20.7. The summed E-state index contributed by atoms with van der Waals surface area (Å²) in [6.45, 7) is 1.89. The number of hydrogen-bond acceptors (Lipinski definition) is 9. The Hall–Kier alpha value is -5.13. The summed E-state index contributed by atoms with van der Waals surface area (Å²) in [7, 11) is 0. The van der Waals surface area contributed by atoms with Gasteiger partial charge in [0.2, 0.25) is 5.72 Å². The molecule has 194 valence electrons. The van der Waals surface area contributed by atoms with Gasteiger partial charge in [-0.3, -0.25) is 25.2 Å². The summed E-state index contributed by atoms with van der Waals surface area (Å²) < 4.78 is 6.82. The van der Waals surface area contributed by atoms with E-state index in [1.807, 2.05) is 77.7 Å². The van der Waals surface area contributed by atoms with Gasteiger partial charge in [0.15, 0.2) is 0 Å². The van der Waals surface area contributed by atoms with E-state index in [-0.39, 0.29) is 11.4 Å². The zero-order chi connectivity index (χ0) is 27.1. The van der Waals surface area contributed by atoms with Crippen LogP contribution < -0.4 is 10.1 Å². The molecule has 2 unspecified atom stereocenters. The molecule has 0 amide bonds. The van der Waals surface area contributed by atoms with Crippen molar-refractivity contribution in [3.8, 4) is 0 Å². The van der Waals surface area contributed by atoms with Crippen LogP contribution in [0.25, 0.3) is 0 Å². The van der Waals surface area contributed by atoms with E-state index in [2.05, 4.69) is 0 Å². The summed E-state index contributed by atoms with van der Waals surface area (Å²) in [5.41, 5.74) is 2.17. The fourth-order valence-corrected chi connectivity index (χ4v) is 4.98. The quantitative estimate of drug-likeness (QED) is 0.237. The lowest BCUT2D eigenvalue weighted by molar-refractivity contribution is -0.385. The van der Waals surface area contributed by atoms with Crippen LogP contribution in [0, 0.1) is 20.2 Å².